The highest BCUT2D eigenvalue weighted by molar-refractivity contribution is 8.56. The molecule has 0 spiro atoms. The average molecular weight is 297 g/mol. The quantitative estimate of drug-likeness (QED) is 0.672. The Bertz CT molecular complexity index is 571. The lowest BCUT2D eigenvalue weighted by atomic mass is 10.3. The van der Waals surface area contributed by atoms with Gasteiger partial charge in [-0.05, 0) is 12.1 Å². The summed E-state index contributed by atoms with van der Waals surface area (Å²) in [6, 6.07) is 11.4. The van der Waals surface area contributed by atoms with E-state index in [0.717, 1.165) is 5.69 Å². The molecule has 1 atom stereocenters. The molecule has 0 radical (unpaired) electrons. The fourth-order valence-electron chi connectivity index (χ4n) is 1.44. The summed E-state index contributed by atoms with van der Waals surface area (Å²) in [6.07, 6.45) is 2.09. The van der Waals surface area contributed by atoms with Crippen molar-refractivity contribution in [3.05, 3.63) is 42.6 Å². The molecule has 1 aromatic carbocycles. The van der Waals surface area contributed by atoms with Gasteiger partial charge in [-0.1, -0.05) is 30.0 Å². The van der Waals surface area contributed by atoms with Crippen molar-refractivity contribution in [1.29, 1.82) is 0 Å². The predicted octanol–water partition coefficient (Wildman–Crippen LogP) is 2.33. The molecule has 0 aliphatic heterocycles. The predicted molar refractivity (Wildman–Crippen MR) is 81.7 cm³/mol. The summed E-state index contributed by atoms with van der Waals surface area (Å²) in [5.41, 5.74) is 0.945. The van der Waals surface area contributed by atoms with Crippen LogP contribution in [0.15, 0.2) is 42.6 Å². The van der Waals surface area contributed by atoms with E-state index in [4.69, 9.17) is 11.8 Å². The van der Waals surface area contributed by atoms with Crippen LogP contribution in [0.5, 0.6) is 0 Å². The first kappa shape index (κ1) is 13.3. The van der Waals surface area contributed by atoms with Crippen LogP contribution in [0.25, 0.3) is 5.69 Å². The van der Waals surface area contributed by atoms with E-state index in [-0.39, 0.29) is 5.91 Å². The van der Waals surface area contributed by atoms with Gasteiger partial charge in [0.05, 0.1) is 11.8 Å². The third-order valence-corrected chi connectivity index (χ3v) is 3.72. The fourth-order valence-corrected chi connectivity index (χ4v) is 2.63. The van der Waals surface area contributed by atoms with Crippen LogP contribution in [-0.4, -0.2) is 21.8 Å². The molecule has 7 heteroatoms. The number of anilines is 1. The molecule has 4 nitrogen and oxygen atoms in total. The second-order valence-electron chi connectivity index (χ2n) is 3.60. The number of carbonyl (C=O) groups is 1. The summed E-state index contributed by atoms with van der Waals surface area (Å²) in [5, 5.41) is 6.97. The summed E-state index contributed by atoms with van der Waals surface area (Å²) >= 11 is 9.03. The van der Waals surface area contributed by atoms with E-state index in [1.165, 1.54) is 0 Å². The molecule has 0 bridgehead atoms. The van der Waals surface area contributed by atoms with E-state index in [0.29, 0.717) is 12.0 Å². The maximum absolute atomic E-state index is 11.5. The first-order valence-electron chi connectivity index (χ1n) is 5.28. The number of nitrogens with zero attached hydrogens (tertiary/aromatic N) is 2. The number of thiol groups is 1. The Kier molecular flexibility index (Phi) is 4.58. The summed E-state index contributed by atoms with van der Waals surface area (Å²) in [4.78, 5) is 11.5. The highest BCUT2D eigenvalue weighted by atomic mass is 32.9. The lowest BCUT2D eigenvalue weighted by molar-refractivity contribution is -0.113. The molecule has 1 amide bonds. The first-order chi connectivity index (χ1) is 8.65. The number of nitrogens with one attached hydrogen (secondary N) is 1. The number of hydrogen-bond donors (Lipinski definition) is 2. The van der Waals surface area contributed by atoms with Crippen molar-refractivity contribution in [1.82, 2.24) is 9.78 Å². The first-order valence-corrected chi connectivity index (χ1v) is 9.41. The molecule has 2 rings (SSSR count). The number of benzene rings is 1. The minimum atomic E-state index is -1.27. The molecule has 1 N–H and O–H groups in total. The standard InChI is InChI=1S/C11H12N3OPS2/c15-11(8-16(17)18)12-10-6-7-14(13-10)9-4-2-1-3-5-9/h1-7,16H,8H2,(H,17,18)(H,12,13,15). The molecule has 2 aromatic rings. The molecule has 0 saturated carbocycles. The van der Waals surface area contributed by atoms with E-state index in [9.17, 15) is 4.79 Å². The van der Waals surface area contributed by atoms with Crippen LogP contribution in [0.4, 0.5) is 5.82 Å². The van der Waals surface area contributed by atoms with Gasteiger partial charge < -0.3 is 5.32 Å². The Morgan fingerprint density at radius 3 is 2.78 bits per heavy atom. The zero-order valence-electron chi connectivity index (χ0n) is 9.41. The highest BCUT2D eigenvalue weighted by Gasteiger charge is 2.06. The zero-order valence-corrected chi connectivity index (χ0v) is 12.1. The second-order valence-corrected chi connectivity index (χ2v) is 8.75. The topological polar surface area (TPSA) is 46.9 Å². The maximum atomic E-state index is 11.5. The molecule has 1 heterocycles. The van der Waals surface area contributed by atoms with Gasteiger partial charge in [-0.3, -0.25) is 4.79 Å². The van der Waals surface area contributed by atoms with Crippen molar-refractivity contribution in [2.75, 3.05) is 11.5 Å². The summed E-state index contributed by atoms with van der Waals surface area (Å²) in [5.74, 6) is -0.875. The Morgan fingerprint density at radius 2 is 2.11 bits per heavy atom. The van der Waals surface area contributed by atoms with E-state index in [1.807, 2.05) is 30.3 Å². The molecule has 1 unspecified atom stereocenters. The third-order valence-electron chi connectivity index (χ3n) is 2.19. The number of amides is 1. The number of para-hydroxylation sites is 1. The van der Waals surface area contributed by atoms with E-state index < -0.39 is 5.90 Å². The summed E-state index contributed by atoms with van der Waals surface area (Å²) in [7, 11) is 0. The molecule has 1 aromatic heterocycles. The molecule has 0 aliphatic carbocycles. The Morgan fingerprint density at radius 1 is 1.39 bits per heavy atom. The minimum absolute atomic E-state index is 0.132. The van der Waals surface area contributed by atoms with Crippen LogP contribution in [0.2, 0.25) is 0 Å². The molecular weight excluding hydrogens is 285 g/mol. The number of carbonyl (C=O) groups excluding carboxylic acids is 1. The normalized spacial score (nSPS) is 12.1. The lowest BCUT2D eigenvalue weighted by Gasteiger charge is -2.01. The van der Waals surface area contributed by atoms with Gasteiger partial charge in [0, 0.05) is 18.2 Å². The Balaban J connectivity index is 2.07. The smallest absolute Gasteiger partial charge is 0.231 e. The fraction of sp³-hybridized carbons (Fsp3) is 0.0909. The van der Waals surface area contributed by atoms with Crippen LogP contribution in [0.1, 0.15) is 0 Å². The molecule has 0 fully saturated rings. The third kappa shape index (κ3) is 3.70. The number of rotatable bonds is 4. The minimum Gasteiger partial charge on any atom is -0.309 e. The molecular formula is C11H12N3OPS2. The SMILES string of the molecule is O=C(C[PH](=S)S)Nc1ccn(-c2ccccc2)n1. The van der Waals surface area contributed by atoms with Crippen molar-refractivity contribution in [3.8, 4) is 5.69 Å². The van der Waals surface area contributed by atoms with E-state index in [1.54, 1.807) is 16.9 Å². The van der Waals surface area contributed by atoms with E-state index in [2.05, 4.69) is 22.7 Å². The molecule has 0 aliphatic rings. The van der Waals surface area contributed by atoms with Gasteiger partial charge in [-0.25, -0.2) is 4.68 Å². The number of hydrogen-bond acceptors (Lipinski definition) is 3. The van der Waals surface area contributed by atoms with Gasteiger partial charge in [0.1, 0.15) is 0 Å². The van der Waals surface area contributed by atoms with Crippen LogP contribution < -0.4 is 5.32 Å². The highest BCUT2D eigenvalue weighted by Crippen LogP contribution is 2.25. The van der Waals surface area contributed by atoms with Crippen LogP contribution in [-0.2, 0) is 16.6 Å². The van der Waals surface area contributed by atoms with Crippen LogP contribution >= 0.6 is 18.1 Å². The van der Waals surface area contributed by atoms with Gasteiger partial charge in [-0.15, -0.1) is 12.2 Å². The van der Waals surface area contributed by atoms with E-state index >= 15 is 0 Å². The van der Waals surface area contributed by atoms with Crippen molar-refractivity contribution in [2.24, 2.45) is 0 Å². The molecule has 0 saturated heterocycles. The molecule has 94 valence electrons. The number of aromatic nitrogens is 2. The van der Waals surface area contributed by atoms with Crippen molar-refractivity contribution < 1.29 is 4.79 Å². The van der Waals surface area contributed by atoms with Crippen molar-refractivity contribution >= 4 is 41.7 Å². The molecule has 18 heavy (non-hydrogen) atoms. The summed E-state index contributed by atoms with van der Waals surface area (Å²) in [6.45, 7) is 0. The largest absolute Gasteiger partial charge is 0.309 e. The lowest BCUT2D eigenvalue weighted by Crippen LogP contribution is -2.14. The van der Waals surface area contributed by atoms with Crippen molar-refractivity contribution in [3.63, 3.8) is 0 Å². The van der Waals surface area contributed by atoms with Gasteiger partial charge in [0.25, 0.3) is 0 Å². The second kappa shape index (κ2) is 6.18. The Labute approximate surface area is 116 Å². The Hall–Kier alpha value is -1.10. The van der Waals surface area contributed by atoms with Crippen LogP contribution in [0, 0.1) is 0 Å². The van der Waals surface area contributed by atoms with Crippen LogP contribution in [0.3, 0.4) is 0 Å². The summed E-state index contributed by atoms with van der Waals surface area (Å²) < 4.78 is 1.70. The van der Waals surface area contributed by atoms with Gasteiger partial charge in [0.2, 0.25) is 5.91 Å². The van der Waals surface area contributed by atoms with Gasteiger partial charge >= 0.3 is 0 Å². The van der Waals surface area contributed by atoms with Gasteiger partial charge in [-0.2, -0.15) is 5.10 Å². The maximum Gasteiger partial charge on any atom is 0.231 e. The van der Waals surface area contributed by atoms with Gasteiger partial charge in [0.15, 0.2) is 5.82 Å². The van der Waals surface area contributed by atoms with Crippen molar-refractivity contribution in [2.45, 2.75) is 0 Å². The average Bonchev–Trinajstić information content (AvgIpc) is 2.77. The zero-order chi connectivity index (χ0) is 13.0. The monoisotopic (exact) mass is 297 g/mol.